The third-order valence-electron chi connectivity index (χ3n) is 3.63. The fourth-order valence-electron chi connectivity index (χ4n) is 2.50. The van der Waals surface area contributed by atoms with Crippen molar-refractivity contribution in [1.29, 1.82) is 0 Å². The van der Waals surface area contributed by atoms with E-state index >= 15 is 0 Å². The van der Waals surface area contributed by atoms with Crippen molar-refractivity contribution in [3.63, 3.8) is 0 Å². The first-order valence-electron chi connectivity index (χ1n) is 6.94. The fourth-order valence-corrected chi connectivity index (χ4v) is 3.05. The summed E-state index contributed by atoms with van der Waals surface area (Å²) >= 11 is 3.61. The van der Waals surface area contributed by atoms with Gasteiger partial charge in [-0.3, -0.25) is 4.90 Å². The molecule has 2 N–H and O–H groups in total. The standard InChI is InChI=1S/C17H21BrN2O/c1-20(12-13-7-3-6-10-17(13)21-2)16(11-19)14-8-4-5-9-15(14)18/h3-10,16H,11-12,19H2,1-2H3. The van der Waals surface area contributed by atoms with E-state index in [0.717, 1.165) is 22.3 Å². The van der Waals surface area contributed by atoms with Crippen LogP contribution in [0.25, 0.3) is 0 Å². The van der Waals surface area contributed by atoms with Gasteiger partial charge in [0.15, 0.2) is 0 Å². The lowest BCUT2D eigenvalue weighted by molar-refractivity contribution is 0.237. The van der Waals surface area contributed by atoms with Crippen LogP contribution in [0.4, 0.5) is 0 Å². The van der Waals surface area contributed by atoms with Gasteiger partial charge in [-0.2, -0.15) is 0 Å². The molecule has 0 aliphatic carbocycles. The zero-order valence-electron chi connectivity index (χ0n) is 12.4. The molecule has 2 aromatic rings. The average molecular weight is 349 g/mol. The Morgan fingerprint density at radius 3 is 2.48 bits per heavy atom. The Morgan fingerprint density at radius 1 is 1.14 bits per heavy atom. The summed E-state index contributed by atoms with van der Waals surface area (Å²) in [5, 5.41) is 0. The van der Waals surface area contributed by atoms with E-state index in [4.69, 9.17) is 10.5 Å². The summed E-state index contributed by atoms with van der Waals surface area (Å²) < 4.78 is 6.51. The molecule has 1 atom stereocenters. The molecule has 4 heteroatoms. The summed E-state index contributed by atoms with van der Waals surface area (Å²) in [4.78, 5) is 2.25. The first-order chi connectivity index (χ1) is 10.2. The monoisotopic (exact) mass is 348 g/mol. The van der Waals surface area contributed by atoms with Crippen molar-refractivity contribution < 1.29 is 4.74 Å². The largest absolute Gasteiger partial charge is 0.496 e. The van der Waals surface area contributed by atoms with E-state index in [2.05, 4.69) is 46.1 Å². The molecule has 0 heterocycles. The van der Waals surface area contributed by atoms with E-state index in [0.29, 0.717) is 6.54 Å². The number of nitrogens with two attached hydrogens (primary N) is 1. The topological polar surface area (TPSA) is 38.5 Å². The number of rotatable bonds is 6. The van der Waals surface area contributed by atoms with Crippen LogP contribution in [0.2, 0.25) is 0 Å². The number of para-hydroxylation sites is 1. The van der Waals surface area contributed by atoms with Gasteiger partial charge < -0.3 is 10.5 Å². The SMILES string of the molecule is COc1ccccc1CN(C)C(CN)c1ccccc1Br. The minimum atomic E-state index is 0.158. The number of likely N-dealkylation sites (N-methyl/N-ethyl adjacent to an activating group) is 1. The maximum absolute atomic E-state index is 6.01. The lowest BCUT2D eigenvalue weighted by Crippen LogP contribution is -2.30. The molecule has 0 fully saturated rings. The number of nitrogens with zero attached hydrogens (tertiary/aromatic N) is 1. The molecule has 3 nitrogen and oxygen atoms in total. The van der Waals surface area contributed by atoms with Crippen LogP contribution in [0.15, 0.2) is 53.0 Å². The molecule has 0 amide bonds. The first-order valence-corrected chi connectivity index (χ1v) is 7.73. The molecule has 2 aromatic carbocycles. The molecule has 1 unspecified atom stereocenters. The maximum Gasteiger partial charge on any atom is 0.123 e. The van der Waals surface area contributed by atoms with Gasteiger partial charge in [0.1, 0.15) is 5.75 Å². The van der Waals surface area contributed by atoms with Gasteiger partial charge in [-0.05, 0) is 24.7 Å². The summed E-state index contributed by atoms with van der Waals surface area (Å²) in [5.41, 5.74) is 8.37. The molecule has 112 valence electrons. The van der Waals surface area contributed by atoms with Crippen molar-refractivity contribution >= 4 is 15.9 Å². The van der Waals surface area contributed by atoms with Gasteiger partial charge in [-0.25, -0.2) is 0 Å². The van der Waals surface area contributed by atoms with Crippen molar-refractivity contribution in [3.8, 4) is 5.75 Å². The van der Waals surface area contributed by atoms with Gasteiger partial charge in [-0.15, -0.1) is 0 Å². The van der Waals surface area contributed by atoms with Crippen molar-refractivity contribution in [3.05, 3.63) is 64.1 Å². The highest BCUT2D eigenvalue weighted by molar-refractivity contribution is 9.10. The molecular formula is C17H21BrN2O. The highest BCUT2D eigenvalue weighted by atomic mass is 79.9. The Hall–Kier alpha value is -1.36. The number of benzene rings is 2. The van der Waals surface area contributed by atoms with Crippen LogP contribution >= 0.6 is 15.9 Å². The van der Waals surface area contributed by atoms with Crippen LogP contribution in [0.3, 0.4) is 0 Å². The van der Waals surface area contributed by atoms with E-state index in [1.807, 2.05) is 30.3 Å². The summed E-state index contributed by atoms with van der Waals surface area (Å²) in [6.45, 7) is 1.35. The Morgan fingerprint density at radius 2 is 1.81 bits per heavy atom. The summed E-state index contributed by atoms with van der Waals surface area (Å²) in [5.74, 6) is 0.909. The summed E-state index contributed by atoms with van der Waals surface area (Å²) in [6, 6.07) is 16.5. The minimum absolute atomic E-state index is 0.158. The normalized spacial score (nSPS) is 12.4. The van der Waals surface area contributed by atoms with Gasteiger partial charge >= 0.3 is 0 Å². The molecule has 0 radical (unpaired) electrons. The average Bonchev–Trinajstić information content (AvgIpc) is 2.50. The van der Waals surface area contributed by atoms with Crippen LogP contribution in [-0.4, -0.2) is 25.6 Å². The third-order valence-corrected chi connectivity index (χ3v) is 4.35. The number of methoxy groups -OCH3 is 1. The highest BCUT2D eigenvalue weighted by Crippen LogP contribution is 2.28. The molecule has 0 aromatic heterocycles. The Kier molecular flexibility index (Phi) is 5.79. The molecule has 0 aliphatic heterocycles. The van der Waals surface area contributed by atoms with E-state index < -0.39 is 0 Å². The van der Waals surface area contributed by atoms with Gasteiger partial charge in [0, 0.05) is 29.2 Å². The van der Waals surface area contributed by atoms with Gasteiger partial charge in [0.25, 0.3) is 0 Å². The summed E-state index contributed by atoms with van der Waals surface area (Å²) in [7, 11) is 3.79. The predicted octanol–water partition coefficient (Wildman–Crippen LogP) is 3.59. The molecule has 0 spiro atoms. The molecule has 0 saturated heterocycles. The molecule has 0 bridgehead atoms. The van der Waals surface area contributed by atoms with E-state index in [-0.39, 0.29) is 6.04 Å². The Bertz CT molecular complexity index is 589. The van der Waals surface area contributed by atoms with Crippen molar-refractivity contribution in [2.24, 2.45) is 5.73 Å². The molecule has 0 aliphatic rings. The lowest BCUT2D eigenvalue weighted by Gasteiger charge is -2.28. The predicted molar refractivity (Wildman–Crippen MR) is 90.4 cm³/mol. The summed E-state index contributed by atoms with van der Waals surface area (Å²) in [6.07, 6.45) is 0. The Labute approximate surface area is 134 Å². The van der Waals surface area contributed by atoms with E-state index in [9.17, 15) is 0 Å². The lowest BCUT2D eigenvalue weighted by atomic mass is 10.0. The van der Waals surface area contributed by atoms with E-state index in [1.54, 1.807) is 7.11 Å². The zero-order valence-corrected chi connectivity index (χ0v) is 14.0. The molecule has 21 heavy (non-hydrogen) atoms. The van der Waals surface area contributed by atoms with Crippen LogP contribution in [0.1, 0.15) is 17.2 Å². The second-order valence-corrected chi connectivity index (χ2v) is 5.85. The maximum atomic E-state index is 6.01. The molecule has 0 saturated carbocycles. The highest BCUT2D eigenvalue weighted by Gasteiger charge is 2.18. The second-order valence-electron chi connectivity index (χ2n) is 5.00. The zero-order chi connectivity index (χ0) is 15.2. The van der Waals surface area contributed by atoms with Gasteiger partial charge in [0.2, 0.25) is 0 Å². The number of hydrogen-bond acceptors (Lipinski definition) is 3. The minimum Gasteiger partial charge on any atom is -0.496 e. The smallest absolute Gasteiger partial charge is 0.123 e. The molecular weight excluding hydrogens is 328 g/mol. The van der Waals surface area contributed by atoms with Crippen LogP contribution < -0.4 is 10.5 Å². The Balaban J connectivity index is 2.21. The van der Waals surface area contributed by atoms with Gasteiger partial charge in [-0.1, -0.05) is 52.3 Å². The van der Waals surface area contributed by atoms with Crippen molar-refractivity contribution in [2.45, 2.75) is 12.6 Å². The van der Waals surface area contributed by atoms with Gasteiger partial charge in [0.05, 0.1) is 7.11 Å². The number of halogens is 1. The van der Waals surface area contributed by atoms with Crippen LogP contribution in [-0.2, 0) is 6.54 Å². The van der Waals surface area contributed by atoms with Crippen molar-refractivity contribution in [1.82, 2.24) is 4.90 Å². The van der Waals surface area contributed by atoms with E-state index in [1.165, 1.54) is 5.56 Å². The van der Waals surface area contributed by atoms with Crippen LogP contribution in [0.5, 0.6) is 5.75 Å². The number of hydrogen-bond donors (Lipinski definition) is 1. The second kappa shape index (κ2) is 7.59. The van der Waals surface area contributed by atoms with Crippen LogP contribution in [0, 0.1) is 0 Å². The fraction of sp³-hybridized carbons (Fsp3) is 0.294. The molecule has 2 rings (SSSR count). The number of ether oxygens (including phenoxy) is 1. The van der Waals surface area contributed by atoms with Crippen molar-refractivity contribution in [2.75, 3.05) is 20.7 Å². The first kappa shape index (κ1) is 16.0. The quantitative estimate of drug-likeness (QED) is 0.866. The third kappa shape index (κ3) is 3.84.